The Kier molecular flexibility index (Phi) is 7.10. The van der Waals surface area contributed by atoms with Crippen LogP contribution in [0.1, 0.15) is 46.0 Å². The standard InChI is InChI=1S/C11H18O2/c1-3-4-5-6-7-8-9-10(2)11(12)13/h10H,3-6,9H2,1-2H3,(H,12,13). The van der Waals surface area contributed by atoms with Crippen molar-refractivity contribution in [1.29, 1.82) is 0 Å². The highest BCUT2D eigenvalue weighted by molar-refractivity contribution is 5.69. The van der Waals surface area contributed by atoms with Gasteiger partial charge in [-0.25, -0.2) is 0 Å². The molecular formula is C11H18O2. The molecule has 0 aromatic rings. The highest BCUT2D eigenvalue weighted by Crippen LogP contribution is 2.00. The molecule has 0 saturated carbocycles. The molecule has 74 valence electrons. The second-order valence-electron chi connectivity index (χ2n) is 3.25. The summed E-state index contributed by atoms with van der Waals surface area (Å²) in [6, 6.07) is 0. The number of carboxylic acid groups (broad SMARTS) is 1. The van der Waals surface area contributed by atoms with Crippen LogP contribution in [0.4, 0.5) is 0 Å². The van der Waals surface area contributed by atoms with Gasteiger partial charge in [0.1, 0.15) is 0 Å². The first-order chi connectivity index (χ1) is 6.18. The summed E-state index contributed by atoms with van der Waals surface area (Å²) in [6.07, 6.45) is 4.92. The van der Waals surface area contributed by atoms with Gasteiger partial charge in [-0.2, -0.15) is 0 Å². The van der Waals surface area contributed by atoms with Crippen LogP contribution in [-0.2, 0) is 4.79 Å². The Balaban J connectivity index is 3.44. The monoisotopic (exact) mass is 182 g/mol. The van der Waals surface area contributed by atoms with Gasteiger partial charge >= 0.3 is 5.97 Å². The predicted molar refractivity (Wildman–Crippen MR) is 53.3 cm³/mol. The maximum atomic E-state index is 10.4. The van der Waals surface area contributed by atoms with Gasteiger partial charge in [-0.05, 0) is 6.42 Å². The molecule has 1 unspecified atom stereocenters. The number of hydrogen-bond acceptors (Lipinski definition) is 1. The van der Waals surface area contributed by atoms with Gasteiger partial charge < -0.3 is 5.11 Å². The first-order valence-electron chi connectivity index (χ1n) is 4.87. The van der Waals surface area contributed by atoms with E-state index in [-0.39, 0.29) is 5.92 Å². The van der Waals surface area contributed by atoms with Crippen molar-refractivity contribution in [3.05, 3.63) is 0 Å². The van der Waals surface area contributed by atoms with E-state index >= 15 is 0 Å². The molecule has 0 aromatic carbocycles. The number of carbonyl (C=O) groups is 1. The van der Waals surface area contributed by atoms with Crippen molar-refractivity contribution in [2.45, 2.75) is 46.0 Å². The summed E-state index contributed by atoms with van der Waals surface area (Å²) >= 11 is 0. The summed E-state index contributed by atoms with van der Waals surface area (Å²) in [5.41, 5.74) is 0. The molecule has 0 aliphatic rings. The predicted octanol–water partition coefficient (Wildman–Crippen LogP) is 2.68. The topological polar surface area (TPSA) is 37.3 Å². The minimum Gasteiger partial charge on any atom is -0.481 e. The zero-order valence-electron chi connectivity index (χ0n) is 8.47. The van der Waals surface area contributed by atoms with Crippen LogP contribution < -0.4 is 0 Å². The van der Waals surface area contributed by atoms with Crippen LogP contribution >= 0.6 is 0 Å². The average molecular weight is 182 g/mol. The van der Waals surface area contributed by atoms with E-state index < -0.39 is 5.97 Å². The van der Waals surface area contributed by atoms with E-state index in [1.54, 1.807) is 6.92 Å². The molecular weight excluding hydrogens is 164 g/mol. The van der Waals surface area contributed by atoms with Crippen LogP contribution in [0.2, 0.25) is 0 Å². The third kappa shape index (κ3) is 7.39. The molecule has 0 saturated heterocycles. The first kappa shape index (κ1) is 12.0. The molecule has 0 rings (SSSR count). The Hall–Kier alpha value is -0.970. The van der Waals surface area contributed by atoms with Crippen LogP contribution in [0, 0.1) is 17.8 Å². The molecule has 0 spiro atoms. The van der Waals surface area contributed by atoms with E-state index in [2.05, 4.69) is 18.8 Å². The van der Waals surface area contributed by atoms with Gasteiger partial charge in [-0.3, -0.25) is 4.79 Å². The molecule has 0 radical (unpaired) electrons. The summed E-state index contributed by atoms with van der Waals surface area (Å²) in [5.74, 6) is 4.79. The molecule has 0 bridgehead atoms. The van der Waals surface area contributed by atoms with Crippen molar-refractivity contribution in [2.75, 3.05) is 0 Å². The number of unbranched alkanes of at least 4 members (excludes halogenated alkanes) is 3. The minimum atomic E-state index is -0.761. The van der Waals surface area contributed by atoms with E-state index in [0.29, 0.717) is 6.42 Å². The highest BCUT2D eigenvalue weighted by atomic mass is 16.4. The molecule has 1 N–H and O–H groups in total. The van der Waals surface area contributed by atoms with Gasteiger partial charge in [0.2, 0.25) is 0 Å². The molecule has 2 heteroatoms. The van der Waals surface area contributed by atoms with Crippen LogP contribution in [0.25, 0.3) is 0 Å². The Bertz CT molecular complexity index is 198. The van der Waals surface area contributed by atoms with Crippen molar-refractivity contribution in [3.8, 4) is 11.8 Å². The van der Waals surface area contributed by atoms with Gasteiger partial charge in [-0.1, -0.05) is 26.7 Å². The SMILES string of the molecule is CCCCCC#CCC(C)C(=O)O. The molecule has 1 atom stereocenters. The van der Waals surface area contributed by atoms with Crippen molar-refractivity contribution in [1.82, 2.24) is 0 Å². The summed E-state index contributed by atoms with van der Waals surface area (Å²) in [7, 11) is 0. The second-order valence-corrected chi connectivity index (χ2v) is 3.25. The van der Waals surface area contributed by atoms with Gasteiger partial charge in [0.05, 0.1) is 5.92 Å². The van der Waals surface area contributed by atoms with Gasteiger partial charge in [0.25, 0.3) is 0 Å². The van der Waals surface area contributed by atoms with Gasteiger partial charge in [0.15, 0.2) is 0 Å². The normalized spacial score (nSPS) is 11.5. The molecule has 2 nitrogen and oxygen atoms in total. The third-order valence-corrected chi connectivity index (χ3v) is 1.86. The Labute approximate surface area is 80.3 Å². The molecule has 13 heavy (non-hydrogen) atoms. The molecule has 0 aliphatic heterocycles. The zero-order chi connectivity index (χ0) is 10.1. The lowest BCUT2D eigenvalue weighted by Gasteiger charge is -1.97. The average Bonchev–Trinajstić information content (AvgIpc) is 2.10. The lowest BCUT2D eigenvalue weighted by atomic mass is 10.1. The first-order valence-corrected chi connectivity index (χ1v) is 4.87. The van der Waals surface area contributed by atoms with Crippen molar-refractivity contribution < 1.29 is 9.90 Å². The second kappa shape index (κ2) is 7.67. The molecule has 0 heterocycles. The number of carboxylic acids is 1. The highest BCUT2D eigenvalue weighted by Gasteiger charge is 2.07. The number of aliphatic carboxylic acids is 1. The minimum absolute atomic E-state index is 0.335. The summed E-state index contributed by atoms with van der Waals surface area (Å²) in [4.78, 5) is 10.4. The van der Waals surface area contributed by atoms with Crippen LogP contribution in [-0.4, -0.2) is 11.1 Å². The van der Waals surface area contributed by atoms with E-state index in [1.807, 2.05) is 0 Å². The maximum absolute atomic E-state index is 10.4. The Morgan fingerprint density at radius 1 is 1.38 bits per heavy atom. The van der Waals surface area contributed by atoms with Crippen molar-refractivity contribution in [2.24, 2.45) is 5.92 Å². The zero-order valence-corrected chi connectivity index (χ0v) is 8.47. The summed E-state index contributed by atoms with van der Waals surface area (Å²) < 4.78 is 0. The lowest BCUT2D eigenvalue weighted by molar-refractivity contribution is -0.140. The van der Waals surface area contributed by atoms with Crippen molar-refractivity contribution in [3.63, 3.8) is 0 Å². The fraction of sp³-hybridized carbons (Fsp3) is 0.727. The quantitative estimate of drug-likeness (QED) is 0.524. The number of hydrogen-bond donors (Lipinski definition) is 1. The summed E-state index contributed by atoms with van der Waals surface area (Å²) in [6.45, 7) is 3.84. The molecule has 0 aromatic heterocycles. The van der Waals surface area contributed by atoms with Gasteiger partial charge in [-0.15, -0.1) is 11.8 Å². The van der Waals surface area contributed by atoms with Crippen LogP contribution in [0.15, 0.2) is 0 Å². The molecule has 0 amide bonds. The maximum Gasteiger partial charge on any atom is 0.307 e. The van der Waals surface area contributed by atoms with Crippen LogP contribution in [0.3, 0.4) is 0 Å². The van der Waals surface area contributed by atoms with E-state index in [4.69, 9.17) is 5.11 Å². The molecule has 0 fully saturated rings. The fourth-order valence-electron chi connectivity index (χ4n) is 0.864. The van der Waals surface area contributed by atoms with E-state index in [0.717, 1.165) is 12.8 Å². The molecule has 0 aliphatic carbocycles. The van der Waals surface area contributed by atoms with Crippen molar-refractivity contribution >= 4 is 5.97 Å². The largest absolute Gasteiger partial charge is 0.481 e. The fourth-order valence-corrected chi connectivity index (χ4v) is 0.864. The lowest BCUT2D eigenvalue weighted by Crippen LogP contribution is -2.07. The van der Waals surface area contributed by atoms with E-state index in [9.17, 15) is 4.79 Å². The Morgan fingerprint density at radius 3 is 2.62 bits per heavy atom. The Morgan fingerprint density at radius 2 is 2.08 bits per heavy atom. The summed E-state index contributed by atoms with van der Waals surface area (Å²) in [5, 5.41) is 8.55. The number of rotatable bonds is 5. The third-order valence-electron chi connectivity index (χ3n) is 1.86. The van der Waals surface area contributed by atoms with Crippen LogP contribution in [0.5, 0.6) is 0 Å². The van der Waals surface area contributed by atoms with Gasteiger partial charge in [0, 0.05) is 12.8 Å². The smallest absolute Gasteiger partial charge is 0.307 e. The van der Waals surface area contributed by atoms with E-state index in [1.165, 1.54) is 12.8 Å².